The van der Waals surface area contributed by atoms with Crippen LogP contribution in [0.4, 0.5) is 0 Å². The second-order valence-corrected chi connectivity index (χ2v) is 5.70. The van der Waals surface area contributed by atoms with E-state index in [2.05, 4.69) is 22.8 Å². The van der Waals surface area contributed by atoms with Crippen LogP contribution >= 0.6 is 11.8 Å². The van der Waals surface area contributed by atoms with Crippen molar-refractivity contribution in [2.75, 3.05) is 24.6 Å². The molecule has 1 aliphatic heterocycles. The van der Waals surface area contributed by atoms with Gasteiger partial charge in [-0.3, -0.25) is 9.59 Å². The molecule has 0 aliphatic carbocycles. The van der Waals surface area contributed by atoms with Crippen molar-refractivity contribution in [3.8, 4) is 0 Å². The molecule has 0 spiro atoms. The van der Waals surface area contributed by atoms with Crippen LogP contribution in [0.25, 0.3) is 0 Å². The minimum absolute atomic E-state index is 0.0684. The van der Waals surface area contributed by atoms with Crippen LogP contribution in [0, 0.1) is 0 Å². The molecule has 0 aromatic heterocycles. The van der Waals surface area contributed by atoms with Gasteiger partial charge in [-0.2, -0.15) is 0 Å². The maximum Gasteiger partial charge on any atom is 0.230 e. The van der Waals surface area contributed by atoms with Crippen molar-refractivity contribution in [2.45, 2.75) is 12.5 Å². The topological polar surface area (TPSA) is 84.2 Å². The molecule has 0 radical (unpaired) electrons. The Bertz CT molecular complexity index is 493. The second kappa shape index (κ2) is 7.31. The number of carbonyl (C=O) groups excluding carboxylic acids is 2. The first kappa shape index (κ1) is 14.9. The number of amides is 2. The van der Waals surface area contributed by atoms with E-state index in [0.29, 0.717) is 6.54 Å². The predicted molar refractivity (Wildman–Crippen MR) is 80.4 cm³/mol. The van der Waals surface area contributed by atoms with Gasteiger partial charge in [0.15, 0.2) is 0 Å². The summed E-state index contributed by atoms with van der Waals surface area (Å²) < 4.78 is 0. The fraction of sp³-hybridized carbons (Fsp3) is 0.429. The van der Waals surface area contributed by atoms with Crippen LogP contribution in [0.1, 0.15) is 17.2 Å². The van der Waals surface area contributed by atoms with Crippen molar-refractivity contribution >= 4 is 23.6 Å². The molecule has 20 heavy (non-hydrogen) atoms. The van der Waals surface area contributed by atoms with Crippen molar-refractivity contribution in [3.05, 3.63) is 35.4 Å². The number of primary amides is 1. The van der Waals surface area contributed by atoms with Crippen LogP contribution in [0.5, 0.6) is 0 Å². The number of benzene rings is 1. The summed E-state index contributed by atoms with van der Waals surface area (Å²) >= 11 is 1.23. The van der Waals surface area contributed by atoms with Gasteiger partial charge in [-0.15, -0.1) is 11.8 Å². The molecular weight excluding hydrogens is 274 g/mol. The average molecular weight is 293 g/mol. The SMILES string of the molecule is NC(=O)CSCC(=O)NCC1NCCc2ccccc21. The molecule has 1 atom stereocenters. The first-order valence-electron chi connectivity index (χ1n) is 6.60. The summed E-state index contributed by atoms with van der Waals surface area (Å²) in [5.41, 5.74) is 7.62. The van der Waals surface area contributed by atoms with E-state index in [1.54, 1.807) is 0 Å². The van der Waals surface area contributed by atoms with Gasteiger partial charge in [0.1, 0.15) is 0 Å². The molecule has 0 fully saturated rings. The average Bonchev–Trinajstić information content (AvgIpc) is 2.44. The van der Waals surface area contributed by atoms with Gasteiger partial charge in [0.05, 0.1) is 11.5 Å². The standard InChI is InChI=1S/C14H19N3O2S/c15-13(18)8-20-9-14(19)17-7-12-11-4-2-1-3-10(11)5-6-16-12/h1-4,12,16H,5-9H2,(H2,15,18)(H,17,19). The van der Waals surface area contributed by atoms with Crippen molar-refractivity contribution in [1.29, 1.82) is 0 Å². The summed E-state index contributed by atoms with van der Waals surface area (Å²) in [4.78, 5) is 22.3. The van der Waals surface area contributed by atoms with Crippen LogP contribution < -0.4 is 16.4 Å². The molecule has 0 bridgehead atoms. The van der Waals surface area contributed by atoms with Gasteiger partial charge in [-0.1, -0.05) is 24.3 Å². The number of hydrogen-bond acceptors (Lipinski definition) is 4. The van der Waals surface area contributed by atoms with E-state index in [0.717, 1.165) is 13.0 Å². The van der Waals surface area contributed by atoms with Crippen molar-refractivity contribution in [3.63, 3.8) is 0 Å². The third kappa shape index (κ3) is 4.25. The number of hydrogen-bond donors (Lipinski definition) is 3. The number of carbonyl (C=O) groups is 2. The highest BCUT2D eigenvalue weighted by Crippen LogP contribution is 2.21. The fourth-order valence-corrected chi connectivity index (χ4v) is 2.88. The maximum atomic E-state index is 11.7. The molecule has 1 unspecified atom stereocenters. The van der Waals surface area contributed by atoms with E-state index >= 15 is 0 Å². The molecule has 5 nitrogen and oxygen atoms in total. The molecule has 2 rings (SSSR count). The zero-order valence-corrected chi connectivity index (χ0v) is 12.0. The van der Waals surface area contributed by atoms with Crippen LogP contribution in [0.15, 0.2) is 24.3 Å². The van der Waals surface area contributed by atoms with Gasteiger partial charge in [-0.05, 0) is 24.1 Å². The van der Waals surface area contributed by atoms with Gasteiger partial charge >= 0.3 is 0 Å². The number of fused-ring (bicyclic) bond motifs is 1. The van der Waals surface area contributed by atoms with Gasteiger partial charge in [0.2, 0.25) is 11.8 Å². The van der Waals surface area contributed by atoms with Crippen molar-refractivity contribution in [1.82, 2.24) is 10.6 Å². The van der Waals surface area contributed by atoms with Gasteiger partial charge in [-0.25, -0.2) is 0 Å². The Balaban J connectivity index is 1.80. The summed E-state index contributed by atoms with van der Waals surface area (Å²) in [6.45, 7) is 1.49. The van der Waals surface area contributed by atoms with E-state index in [9.17, 15) is 9.59 Å². The number of thioether (sulfide) groups is 1. The third-order valence-corrected chi connectivity index (χ3v) is 4.15. The molecule has 1 aromatic rings. The highest BCUT2D eigenvalue weighted by molar-refractivity contribution is 8.00. The predicted octanol–water partition coefficient (Wildman–Crippen LogP) is 0.208. The molecule has 1 aromatic carbocycles. The van der Waals surface area contributed by atoms with Crippen molar-refractivity contribution in [2.24, 2.45) is 5.73 Å². The molecule has 1 aliphatic rings. The molecule has 1 heterocycles. The highest BCUT2D eigenvalue weighted by atomic mass is 32.2. The normalized spacial score (nSPS) is 17.3. The van der Waals surface area contributed by atoms with Crippen LogP contribution in [-0.4, -0.2) is 36.4 Å². The van der Waals surface area contributed by atoms with E-state index < -0.39 is 5.91 Å². The molecular formula is C14H19N3O2S. The van der Waals surface area contributed by atoms with E-state index in [1.807, 2.05) is 12.1 Å². The summed E-state index contributed by atoms with van der Waals surface area (Å²) in [5, 5.41) is 6.30. The lowest BCUT2D eigenvalue weighted by Crippen LogP contribution is -2.39. The molecule has 4 N–H and O–H groups in total. The van der Waals surface area contributed by atoms with Gasteiger partial charge in [0, 0.05) is 12.6 Å². The highest BCUT2D eigenvalue weighted by Gasteiger charge is 2.19. The summed E-state index contributed by atoms with van der Waals surface area (Å²) in [5.74, 6) is -0.0262. The van der Waals surface area contributed by atoms with Crippen LogP contribution in [0.2, 0.25) is 0 Å². The monoisotopic (exact) mass is 293 g/mol. The Kier molecular flexibility index (Phi) is 5.43. The van der Waals surface area contributed by atoms with Gasteiger partial charge in [0.25, 0.3) is 0 Å². The quantitative estimate of drug-likeness (QED) is 0.700. The smallest absolute Gasteiger partial charge is 0.230 e. The molecule has 6 heteroatoms. The van der Waals surface area contributed by atoms with E-state index in [-0.39, 0.29) is 23.5 Å². The number of nitrogens with one attached hydrogen (secondary N) is 2. The zero-order chi connectivity index (χ0) is 14.4. The number of nitrogens with two attached hydrogens (primary N) is 1. The summed E-state index contributed by atoms with van der Waals surface area (Å²) in [7, 11) is 0. The molecule has 0 saturated carbocycles. The zero-order valence-electron chi connectivity index (χ0n) is 11.2. The van der Waals surface area contributed by atoms with Crippen molar-refractivity contribution < 1.29 is 9.59 Å². The van der Waals surface area contributed by atoms with E-state index in [4.69, 9.17) is 5.73 Å². The minimum atomic E-state index is -0.398. The van der Waals surface area contributed by atoms with E-state index in [1.165, 1.54) is 22.9 Å². The Labute approximate surface area is 122 Å². The fourth-order valence-electron chi connectivity index (χ4n) is 2.29. The minimum Gasteiger partial charge on any atom is -0.369 e. The lowest BCUT2D eigenvalue weighted by molar-refractivity contribution is -0.118. The molecule has 108 valence electrons. The lowest BCUT2D eigenvalue weighted by Gasteiger charge is -2.27. The Morgan fingerprint density at radius 1 is 1.35 bits per heavy atom. The Morgan fingerprint density at radius 2 is 2.15 bits per heavy atom. The number of rotatable bonds is 6. The summed E-state index contributed by atoms with van der Waals surface area (Å²) in [6, 6.07) is 8.45. The van der Waals surface area contributed by atoms with Crippen LogP contribution in [0.3, 0.4) is 0 Å². The second-order valence-electron chi connectivity index (χ2n) is 4.72. The van der Waals surface area contributed by atoms with Gasteiger partial charge < -0.3 is 16.4 Å². The largest absolute Gasteiger partial charge is 0.369 e. The Hall–Kier alpha value is -1.53. The maximum absolute atomic E-state index is 11.7. The third-order valence-electron chi connectivity index (χ3n) is 3.20. The summed E-state index contributed by atoms with van der Waals surface area (Å²) in [6.07, 6.45) is 1.02. The van der Waals surface area contributed by atoms with Crippen LogP contribution in [-0.2, 0) is 16.0 Å². The lowest BCUT2D eigenvalue weighted by atomic mass is 9.94. The first-order chi connectivity index (χ1) is 9.66. The Morgan fingerprint density at radius 3 is 2.95 bits per heavy atom. The first-order valence-corrected chi connectivity index (χ1v) is 7.76. The molecule has 0 saturated heterocycles. The molecule has 2 amide bonds.